The van der Waals surface area contributed by atoms with Crippen LogP contribution in [0.5, 0.6) is 0 Å². The molecule has 6 heteroatoms. The molecule has 0 amide bonds. The summed E-state index contributed by atoms with van der Waals surface area (Å²) >= 11 is 0. The standard InChI is InChI=1S/C13H22N2O3S/c1-3-10(4-2)13(16)9-15-11-5-7-12(8-6-11)19(14,17)18/h5-8,10,13,15-16H,3-4,9H2,1-2H3,(H2,14,17,18). The number of hydrogen-bond acceptors (Lipinski definition) is 4. The van der Waals surface area contributed by atoms with E-state index in [9.17, 15) is 13.5 Å². The molecule has 0 aliphatic heterocycles. The monoisotopic (exact) mass is 286 g/mol. The summed E-state index contributed by atoms with van der Waals surface area (Å²) < 4.78 is 22.2. The van der Waals surface area contributed by atoms with Gasteiger partial charge in [0.2, 0.25) is 10.0 Å². The van der Waals surface area contributed by atoms with Gasteiger partial charge in [0, 0.05) is 12.2 Å². The van der Waals surface area contributed by atoms with Crippen LogP contribution in [-0.2, 0) is 10.0 Å². The van der Waals surface area contributed by atoms with Crippen molar-refractivity contribution in [3.63, 3.8) is 0 Å². The second-order valence-electron chi connectivity index (χ2n) is 4.59. The summed E-state index contributed by atoms with van der Waals surface area (Å²) in [5.74, 6) is 0.274. The lowest BCUT2D eigenvalue weighted by Gasteiger charge is -2.20. The Labute approximate surface area is 114 Å². The zero-order valence-corrected chi connectivity index (χ0v) is 12.2. The van der Waals surface area contributed by atoms with E-state index in [2.05, 4.69) is 19.2 Å². The van der Waals surface area contributed by atoms with Crippen molar-refractivity contribution in [3.8, 4) is 0 Å². The predicted molar refractivity (Wildman–Crippen MR) is 76.4 cm³/mol. The molecule has 0 saturated heterocycles. The molecular formula is C13H22N2O3S. The maximum atomic E-state index is 11.1. The third-order valence-corrected chi connectivity index (χ3v) is 4.22. The normalized spacial score (nSPS) is 13.5. The van der Waals surface area contributed by atoms with Crippen LogP contribution >= 0.6 is 0 Å². The van der Waals surface area contributed by atoms with Crippen molar-refractivity contribution in [2.75, 3.05) is 11.9 Å². The number of benzene rings is 1. The van der Waals surface area contributed by atoms with Crippen molar-refractivity contribution in [3.05, 3.63) is 24.3 Å². The van der Waals surface area contributed by atoms with Gasteiger partial charge in [0.15, 0.2) is 0 Å². The topological polar surface area (TPSA) is 92.4 Å². The number of sulfonamides is 1. The van der Waals surface area contributed by atoms with Crippen LogP contribution in [0, 0.1) is 5.92 Å². The Morgan fingerprint density at radius 3 is 2.16 bits per heavy atom. The van der Waals surface area contributed by atoms with E-state index in [1.54, 1.807) is 12.1 Å². The highest BCUT2D eigenvalue weighted by Gasteiger charge is 2.15. The molecule has 5 nitrogen and oxygen atoms in total. The Hall–Kier alpha value is -1.11. The van der Waals surface area contributed by atoms with E-state index in [0.717, 1.165) is 18.5 Å². The molecule has 0 heterocycles. The van der Waals surface area contributed by atoms with E-state index >= 15 is 0 Å². The lowest BCUT2D eigenvalue weighted by atomic mass is 9.96. The van der Waals surface area contributed by atoms with Crippen molar-refractivity contribution < 1.29 is 13.5 Å². The number of aliphatic hydroxyl groups is 1. The second-order valence-corrected chi connectivity index (χ2v) is 6.16. The summed E-state index contributed by atoms with van der Waals surface area (Å²) in [5.41, 5.74) is 0.761. The first-order chi connectivity index (χ1) is 8.88. The Morgan fingerprint density at radius 2 is 1.74 bits per heavy atom. The first kappa shape index (κ1) is 15.9. The van der Waals surface area contributed by atoms with Gasteiger partial charge in [-0.15, -0.1) is 0 Å². The van der Waals surface area contributed by atoms with Crippen molar-refractivity contribution in [1.29, 1.82) is 0 Å². The molecular weight excluding hydrogens is 264 g/mol. The van der Waals surface area contributed by atoms with E-state index < -0.39 is 16.1 Å². The summed E-state index contributed by atoms with van der Waals surface area (Å²) in [7, 11) is -3.65. The zero-order valence-electron chi connectivity index (χ0n) is 11.3. The lowest BCUT2D eigenvalue weighted by molar-refractivity contribution is 0.114. The number of rotatable bonds is 7. The molecule has 19 heavy (non-hydrogen) atoms. The average molecular weight is 286 g/mol. The minimum absolute atomic E-state index is 0.0820. The van der Waals surface area contributed by atoms with Crippen LogP contribution in [-0.4, -0.2) is 26.2 Å². The second kappa shape index (κ2) is 6.88. The molecule has 1 rings (SSSR count). The Balaban J connectivity index is 2.60. The minimum atomic E-state index is -3.65. The van der Waals surface area contributed by atoms with E-state index in [-0.39, 0.29) is 10.8 Å². The van der Waals surface area contributed by atoms with Crippen molar-refractivity contribution >= 4 is 15.7 Å². The first-order valence-electron chi connectivity index (χ1n) is 6.43. The smallest absolute Gasteiger partial charge is 0.238 e. The maximum Gasteiger partial charge on any atom is 0.238 e. The summed E-state index contributed by atoms with van der Waals surface area (Å²) in [6.45, 7) is 4.55. The van der Waals surface area contributed by atoms with Gasteiger partial charge in [-0.1, -0.05) is 26.7 Å². The molecule has 0 saturated carbocycles. The SMILES string of the molecule is CCC(CC)C(O)CNc1ccc(S(N)(=O)=O)cc1. The fourth-order valence-corrected chi connectivity index (χ4v) is 2.50. The van der Waals surface area contributed by atoms with Gasteiger partial charge >= 0.3 is 0 Å². The Kier molecular flexibility index (Phi) is 5.78. The maximum absolute atomic E-state index is 11.1. The molecule has 108 valence electrons. The van der Waals surface area contributed by atoms with Crippen LogP contribution in [0.4, 0.5) is 5.69 Å². The summed E-state index contributed by atoms with van der Waals surface area (Å²) in [5, 5.41) is 18.1. The van der Waals surface area contributed by atoms with Crippen LogP contribution in [0.2, 0.25) is 0 Å². The van der Waals surface area contributed by atoms with E-state index in [1.807, 2.05) is 0 Å². The number of nitrogens with two attached hydrogens (primary N) is 1. The fraction of sp³-hybridized carbons (Fsp3) is 0.538. The molecule has 0 spiro atoms. The number of hydrogen-bond donors (Lipinski definition) is 3. The third-order valence-electron chi connectivity index (χ3n) is 3.29. The third kappa shape index (κ3) is 4.81. The van der Waals surface area contributed by atoms with Gasteiger partial charge < -0.3 is 10.4 Å². The molecule has 0 radical (unpaired) electrons. The van der Waals surface area contributed by atoms with Gasteiger partial charge in [-0.05, 0) is 30.2 Å². The van der Waals surface area contributed by atoms with Gasteiger partial charge in [-0.3, -0.25) is 0 Å². The van der Waals surface area contributed by atoms with Gasteiger partial charge in [-0.2, -0.15) is 0 Å². The van der Waals surface area contributed by atoms with Gasteiger partial charge in [0.1, 0.15) is 0 Å². The minimum Gasteiger partial charge on any atom is -0.391 e. The number of primary sulfonamides is 1. The van der Waals surface area contributed by atoms with Gasteiger partial charge in [0.25, 0.3) is 0 Å². The highest BCUT2D eigenvalue weighted by molar-refractivity contribution is 7.89. The number of anilines is 1. The van der Waals surface area contributed by atoms with Crippen LogP contribution in [0.3, 0.4) is 0 Å². The van der Waals surface area contributed by atoms with Crippen LogP contribution in [0.15, 0.2) is 29.2 Å². The van der Waals surface area contributed by atoms with Gasteiger partial charge in [0.05, 0.1) is 11.0 Å². The van der Waals surface area contributed by atoms with Crippen molar-refractivity contribution in [2.45, 2.75) is 37.7 Å². The van der Waals surface area contributed by atoms with Crippen LogP contribution < -0.4 is 10.5 Å². The molecule has 0 fully saturated rings. The van der Waals surface area contributed by atoms with E-state index in [4.69, 9.17) is 5.14 Å². The van der Waals surface area contributed by atoms with Crippen LogP contribution in [0.1, 0.15) is 26.7 Å². The Bertz CT molecular complexity index is 481. The number of aliphatic hydroxyl groups excluding tert-OH is 1. The highest BCUT2D eigenvalue weighted by atomic mass is 32.2. The fourth-order valence-electron chi connectivity index (χ4n) is 1.98. The largest absolute Gasteiger partial charge is 0.391 e. The summed E-state index contributed by atoms with van der Waals surface area (Å²) in [6, 6.07) is 6.17. The highest BCUT2D eigenvalue weighted by Crippen LogP contribution is 2.16. The predicted octanol–water partition coefficient (Wildman–Crippen LogP) is 1.54. The molecule has 0 aromatic heterocycles. The van der Waals surface area contributed by atoms with Crippen LogP contribution in [0.25, 0.3) is 0 Å². The molecule has 1 aromatic carbocycles. The molecule has 1 unspecified atom stereocenters. The lowest BCUT2D eigenvalue weighted by Crippen LogP contribution is -2.27. The molecule has 0 aliphatic carbocycles. The zero-order chi connectivity index (χ0) is 14.5. The molecule has 1 aromatic rings. The van der Waals surface area contributed by atoms with E-state index in [0.29, 0.717) is 6.54 Å². The average Bonchev–Trinajstić information content (AvgIpc) is 2.37. The molecule has 0 bridgehead atoms. The summed E-state index contributed by atoms with van der Waals surface area (Å²) in [4.78, 5) is 0.0820. The molecule has 0 aliphatic rings. The van der Waals surface area contributed by atoms with E-state index in [1.165, 1.54) is 12.1 Å². The summed E-state index contributed by atoms with van der Waals surface area (Å²) in [6.07, 6.45) is 1.46. The molecule has 1 atom stereocenters. The van der Waals surface area contributed by atoms with Gasteiger partial charge in [-0.25, -0.2) is 13.6 Å². The molecule has 4 N–H and O–H groups in total. The number of nitrogens with one attached hydrogen (secondary N) is 1. The quantitative estimate of drug-likeness (QED) is 0.709. The van der Waals surface area contributed by atoms with Crippen molar-refractivity contribution in [1.82, 2.24) is 0 Å². The van der Waals surface area contributed by atoms with Crippen molar-refractivity contribution in [2.24, 2.45) is 11.1 Å². The first-order valence-corrected chi connectivity index (χ1v) is 7.97. The Morgan fingerprint density at radius 1 is 1.21 bits per heavy atom.